The van der Waals surface area contributed by atoms with Gasteiger partial charge in [-0.15, -0.1) is 0 Å². The van der Waals surface area contributed by atoms with E-state index in [1.54, 1.807) is 56.3 Å². The Morgan fingerprint density at radius 2 is 1.83 bits per heavy atom. The molecule has 0 saturated heterocycles. The van der Waals surface area contributed by atoms with Crippen molar-refractivity contribution in [3.05, 3.63) is 77.4 Å². The Kier molecular flexibility index (Phi) is 6.92. The minimum Gasteiger partial charge on any atom is -0.493 e. The number of amides is 1. The third-order valence-electron chi connectivity index (χ3n) is 5.19. The molecule has 0 radical (unpaired) electrons. The summed E-state index contributed by atoms with van der Waals surface area (Å²) in [4.78, 5) is 12.5. The summed E-state index contributed by atoms with van der Waals surface area (Å²) in [6.45, 7) is 3.56. The average Bonchev–Trinajstić information content (AvgIpc) is 2.85. The van der Waals surface area contributed by atoms with E-state index in [1.165, 1.54) is 19.4 Å². The lowest BCUT2D eigenvalue weighted by Crippen LogP contribution is -2.42. The van der Waals surface area contributed by atoms with Crippen molar-refractivity contribution in [1.82, 2.24) is 5.43 Å². The van der Waals surface area contributed by atoms with Crippen molar-refractivity contribution in [2.24, 2.45) is 5.10 Å². The van der Waals surface area contributed by atoms with Gasteiger partial charge in [0.05, 0.1) is 13.3 Å². The zero-order chi connectivity index (χ0) is 25.0. The quantitative estimate of drug-likeness (QED) is 0.303. The van der Waals surface area contributed by atoms with Crippen molar-refractivity contribution in [2.45, 2.75) is 24.8 Å². The van der Waals surface area contributed by atoms with Crippen molar-refractivity contribution >= 4 is 22.2 Å². The lowest BCUT2D eigenvalue weighted by Gasteiger charge is -2.24. The van der Waals surface area contributed by atoms with Crippen LogP contribution in [0.2, 0.25) is 0 Å². The van der Waals surface area contributed by atoms with Crippen LogP contribution in [0.4, 0.5) is 0 Å². The Morgan fingerprint density at radius 3 is 2.60 bits per heavy atom. The van der Waals surface area contributed by atoms with Gasteiger partial charge in [-0.2, -0.15) is 13.5 Å². The molecule has 1 N–H and O–H groups in total. The van der Waals surface area contributed by atoms with Crippen molar-refractivity contribution in [3.63, 3.8) is 0 Å². The number of hydrogen-bond donors (Lipinski definition) is 1. The van der Waals surface area contributed by atoms with E-state index in [2.05, 4.69) is 10.5 Å². The molecule has 1 aliphatic heterocycles. The molecule has 0 fully saturated rings. The molecule has 0 bridgehead atoms. The second-order valence-corrected chi connectivity index (χ2v) is 9.33. The molecule has 10 heteroatoms. The number of benzene rings is 3. The largest absolute Gasteiger partial charge is 0.493 e. The van der Waals surface area contributed by atoms with Crippen molar-refractivity contribution < 1.29 is 31.6 Å². The van der Waals surface area contributed by atoms with Crippen LogP contribution in [0.1, 0.15) is 16.7 Å². The van der Waals surface area contributed by atoms with E-state index in [9.17, 15) is 13.2 Å². The second-order valence-electron chi connectivity index (χ2n) is 7.82. The normalized spacial score (nSPS) is 15.0. The molecule has 4 rings (SSSR count). The summed E-state index contributed by atoms with van der Waals surface area (Å²) in [5.74, 6) is 0.811. The number of methoxy groups -OCH3 is 1. The third-order valence-corrected chi connectivity index (χ3v) is 6.57. The van der Waals surface area contributed by atoms with Crippen LogP contribution in [-0.2, 0) is 14.9 Å². The van der Waals surface area contributed by atoms with Crippen molar-refractivity contribution in [3.8, 4) is 23.0 Å². The van der Waals surface area contributed by atoms with E-state index in [1.807, 2.05) is 12.1 Å². The van der Waals surface area contributed by atoms with E-state index in [0.717, 1.165) is 5.56 Å². The van der Waals surface area contributed by atoms with Crippen LogP contribution >= 0.6 is 0 Å². The topological polar surface area (TPSA) is 113 Å². The van der Waals surface area contributed by atoms with Crippen LogP contribution in [0.3, 0.4) is 0 Å². The Labute approximate surface area is 203 Å². The zero-order valence-electron chi connectivity index (χ0n) is 19.3. The number of carbonyl (C=O) groups is 1. The SMILES string of the molecule is COc1cc(/C=N\NC(=O)[C@H]2COc3ccccc3O2)ccc1OS(=O)(=O)c1cc(C)ccc1C. The molecule has 182 valence electrons. The van der Waals surface area contributed by atoms with Crippen LogP contribution in [0.5, 0.6) is 23.0 Å². The minimum absolute atomic E-state index is 0.0287. The van der Waals surface area contributed by atoms with Crippen LogP contribution < -0.4 is 23.8 Å². The Bertz CT molecular complexity index is 1390. The van der Waals surface area contributed by atoms with Crippen LogP contribution in [0.15, 0.2) is 70.7 Å². The number of nitrogens with one attached hydrogen (secondary N) is 1. The van der Waals surface area contributed by atoms with Gasteiger partial charge in [0.1, 0.15) is 11.5 Å². The fourth-order valence-electron chi connectivity index (χ4n) is 3.36. The Balaban J connectivity index is 1.43. The molecule has 0 unspecified atom stereocenters. The van der Waals surface area contributed by atoms with Gasteiger partial charge in [0, 0.05) is 0 Å². The summed E-state index contributed by atoms with van der Waals surface area (Å²) in [6.07, 6.45) is 0.545. The number of nitrogens with zero attached hydrogens (tertiary/aromatic N) is 1. The number of carbonyl (C=O) groups excluding carboxylic acids is 1. The molecule has 3 aromatic rings. The molecule has 9 nitrogen and oxygen atoms in total. The summed E-state index contributed by atoms with van der Waals surface area (Å²) in [6, 6.07) is 16.8. The predicted octanol–water partition coefficient (Wildman–Crippen LogP) is 3.37. The van der Waals surface area contributed by atoms with Crippen molar-refractivity contribution in [2.75, 3.05) is 13.7 Å². The highest BCUT2D eigenvalue weighted by Gasteiger charge is 2.27. The first-order valence-electron chi connectivity index (χ1n) is 10.7. The number of hydrazone groups is 1. The summed E-state index contributed by atoms with van der Waals surface area (Å²) in [5.41, 5.74) is 4.33. The fourth-order valence-corrected chi connectivity index (χ4v) is 4.62. The minimum atomic E-state index is -4.07. The van der Waals surface area contributed by atoms with Crippen LogP contribution in [0, 0.1) is 13.8 Å². The van der Waals surface area contributed by atoms with Gasteiger partial charge >= 0.3 is 10.1 Å². The number of para-hydroxylation sites is 2. The van der Waals surface area contributed by atoms with E-state index in [0.29, 0.717) is 22.6 Å². The standard InChI is InChI=1S/C25H24N2O7S/c1-16-8-9-17(2)24(12-16)35(29,30)34-21-11-10-18(13-22(21)31-3)14-26-27-25(28)23-15-32-19-6-4-5-7-20(19)33-23/h4-14,23H,15H2,1-3H3,(H,27,28)/b26-14-/t23-/m1/s1. The first-order chi connectivity index (χ1) is 16.8. The maximum atomic E-state index is 12.8. The second kappa shape index (κ2) is 10.1. The molecule has 3 aromatic carbocycles. The molecule has 0 aromatic heterocycles. The van der Waals surface area contributed by atoms with Gasteiger partial charge in [0.15, 0.2) is 23.0 Å². The van der Waals surface area contributed by atoms with E-state index >= 15 is 0 Å². The van der Waals surface area contributed by atoms with E-state index in [-0.39, 0.29) is 23.0 Å². The first kappa shape index (κ1) is 24.1. The third kappa shape index (κ3) is 5.55. The lowest BCUT2D eigenvalue weighted by molar-refractivity contribution is -0.130. The Morgan fingerprint density at radius 1 is 1.06 bits per heavy atom. The highest BCUT2D eigenvalue weighted by molar-refractivity contribution is 7.87. The van der Waals surface area contributed by atoms with Gasteiger partial charge in [-0.1, -0.05) is 24.3 Å². The number of ether oxygens (including phenoxy) is 3. The molecule has 1 amide bonds. The maximum Gasteiger partial charge on any atom is 0.339 e. The molecular weight excluding hydrogens is 472 g/mol. The number of rotatable bonds is 7. The molecule has 0 saturated carbocycles. The molecular formula is C25H24N2O7S. The highest BCUT2D eigenvalue weighted by atomic mass is 32.2. The zero-order valence-corrected chi connectivity index (χ0v) is 20.2. The van der Waals surface area contributed by atoms with Gasteiger partial charge < -0.3 is 18.4 Å². The summed E-state index contributed by atoms with van der Waals surface area (Å²) in [5, 5.41) is 3.95. The number of hydrogen-bond acceptors (Lipinski definition) is 8. The highest BCUT2D eigenvalue weighted by Crippen LogP contribution is 2.32. The molecule has 35 heavy (non-hydrogen) atoms. The van der Waals surface area contributed by atoms with E-state index < -0.39 is 22.1 Å². The first-order valence-corrected chi connectivity index (χ1v) is 12.1. The van der Waals surface area contributed by atoms with Gasteiger partial charge in [-0.3, -0.25) is 4.79 Å². The molecule has 0 spiro atoms. The number of fused-ring (bicyclic) bond motifs is 1. The molecule has 1 atom stereocenters. The number of aryl methyl sites for hydroxylation is 2. The maximum absolute atomic E-state index is 12.8. The van der Waals surface area contributed by atoms with Gasteiger partial charge in [-0.25, -0.2) is 5.43 Å². The lowest BCUT2D eigenvalue weighted by atomic mass is 10.2. The molecule has 1 aliphatic rings. The van der Waals surface area contributed by atoms with Crippen LogP contribution in [-0.4, -0.2) is 40.4 Å². The summed E-state index contributed by atoms with van der Waals surface area (Å²) in [7, 11) is -2.67. The molecule has 0 aliphatic carbocycles. The average molecular weight is 497 g/mol. The predicted molar refractivity (Wildman–Crippen MR) is 129 cm³/mol. The van der Waals surface area contributed by atoms with E-state index in [4.69, 9.17) is 18.4 Å². The van der Waals surface area contributed by atoms with Crippen LogP contribution in [0.25, 0.3) is 0 Å². The van der Waals surface area contributed by atoms with Gasteiger partial charge in [0.2, 0.25) is 6.10 Å². The molecule has 1 heterocycles. The van der Waals surface area contributed by atoms with Crippen molar-refractivity contribution in [1.29, 1.82) is 0 Å². The van der Waals surface area contributed by atoms with Gasteiger partial charge in [-0.05, 0) is 66.9 Å². The van der Waals surface area contributed by atoms with Gasteiger partial charge in [0.25, 0.3) is 5.91 Å². The summed E-state index contributed by atoms with van der Waals surface area (Å²) < 4.78 is 47.5. The smallest absolute Gasteiger partial charge is 0.339 e. The Hall–Kier alpha value is -4.05. The monoisotopic (exact) mass is 496 g/mol. The fraction of sp³-hybridized carbons (Fsp3) is 0.200. The summed E-state index contributed by atoms with van der Waals surface area (Å²) >= 11 is 0.